The lowest BCUT2D eigenvalue weighted by molar-refractivity contribution is -0.149. The molecule has 4 rings (SSSR count). The summed E-state index contributed by atoms with van der Waals surface area (Å²) in [5.74, 6) is 0.119. The van der Waals surface area contributed by atoms with E-state index in [0.717, 1.165) is 22.3 Å². The minimum absolute atomic E-state index is 0.299. The Balaban J connectivity index is 1.98. The van der Waals surface area contributed by atoms with E-state index in [1.54, 1.807) is 13.8 Å². The number of furan rings is 1. The van der Waals surface area contributed by atoms with Gasteiger partial charge in [-0.25, -0.2) is 9.59 Å². The van der Waals surface area contributed by atoms with Crippen molar-refractivity contribution < 1.29 is 18.7 Å². The van der Waals surface area contributed by atoms with Crippen LogP contribution in [0.15, 0.2) is 87.9 Å². The van der Waals surface area contributed by atoms with Crippen molar-refractivity contribution in [1.82, 2.24) is 0 Å². The summed E-state index contributed by atoms with van der Waals surface area (Å²) >= 11 is 0. The average Bonchev–Trinajstić information content (AvgIpc) is 3.30. The van der Waals surface area contributed by atoms with E-state index in [1.165, 1.54) is 0 Å². The number of cyclic esters (lactones) is 2. The summed E-state index contributed by atoms with van der Waals surface area (Å²) in [7, 11) is 0. The third kappa shape index (κ3) is 3.34. The Labute approximate surface area is 169 Å². The maximum atomic E-state index is 12.5. The second kappa shape index (κ2) is 7.40. The predicted molar refractivity (Wildman–Crippen MR) is 112 cm³/mol. The van der Waals surface area contributed by atoms with Crippen LogP contribution in [0.2, 0.25) is 0 Å². The van der Waals surface area contributed by atoms with E-state index >= 15 is 0 Å². The van der Waals surface area contributed by atoms with Crippen molar-refractivity contribution in [1.29, 1.82) is 0 Å². The highest BCUT2D eigenvalue weighted by atomic mass is 16.6. The zero-order chi connectivity index (χ0) is 20.5. The van der Waals surface area contributed by atoms with Crippen LogP contribution in [0.25, 0.3) is 28.2 Å². The summed E-state index contributed by atoms with van der Waals surface area (Å²) in [6.07, 6.45) is 0. The summed E-state index contributed by atoms with van der Waals surface area (Å²) in [5, 5.41) is 0. The van der Waals surface area contributed by atoms with Gasteiger partial charge < -0.3 is 9.15 Å². The average molecular weight is 384 g/mol. The molecule has 4 nitrogen and oxygen atoms in total. The van der Waals surface area contributed by atoms with Gasteiger partial charge in [-0.3, -0.25) is 0 Å². The van der Waals surface area contributed by atoms with Crippen LogP contribution in [-0.2, 0) is 14.3 Å². The third-order valence-corrected chi connectivity index (χ3v) is 4.95. The maximum Gasteiger partial charge on any atom is 0.347 e. The monoisotopic (exact) mass is 384 g/mol. The number of hydrogen-bond donors (Lipinski definition) is 0. The van der Waals surface area contributed by atoms with Crippen LogP contribution in [0.4, 0.5) is 0 Å². The minimum Gasteiger partial charge on any atom is -0.455 e. The second-order valence-electron chi connectivity index (χ2n) is 7.14. The van der Waals surface area contributed by atoms with Crippen molar-refractivity contribution in [3.8, 4) is 22.6 Å². The molecule has 1 aliphatic rings. The fourth-order valence-electron chi connectivity index (χ4n) is 3.54. The Morgan fingerprint density at radius 3 is 1.86 bits per heavy atom. The highest BCUT2D eigenvalue weighted by Crippen LogP contribution is 2.40. The molecule has 1 aromatic heterocycles. The summed E-state index contributed by atoms with van der Waals surface area (Å²) < 4.78 is 11.1. The smallest absolute Gasteiger partial charge is 0.347 e. The van der Waals surface area contributed by atoms with Crippen molar-refractivity contribution in [3.63, 3.8) is 0 Å². The summed E-state index contributed by atoms with van der Waals surface area (Å²) in [4.78, 5) is 24.7. The molecular weight excluding hydrogens is 364 g/mol. The molecule has 1 saturated heterocycles. The normalized spacial score (nSPS) is 15.5. The lowest BCUT2D eigenvalue weighted by atomic mass is 9.93. The number of carbonyl (C=O) groups is 2. The van der Waals surface area contributed by atoms with Gasteiger partial charge in [0.1, 0.15) is 11.5 Å². The van der Waals surface area contributed by atoms with Crippen LogP contribution in [0, 0.1) is 0 Å². The van der Waals surface area contributed by atoms with Crippen LogP contribution in [0.5, 0.6) is 0 Å². The molecule has 0 unspecified atom stereocenters. The molecule has 0 N–H and O–H groups in total. The Morgan fingerprint density at radius 1 is 0.724 bits per heavy atom. The number of ether oxygens (including phenoxy) is 1. The summed E-state index contributed by atoms with van der Waals surface area (Å²) in [6, 6.07) is 21.4. The Kier molecular flexibility index (Phi) is 4.77. The first kappa shape index (κ1) is 18.7. The lowest BCUT2D eigenvalue weighted by Gasteiger charge is -2.06. The van der Waals surface area contributed by atoms with Crippen molar-refractivity contribution in [3.05, 3.63) is 89.0 Å². The van der Waals surface area contributed by atoms with Crippen LogP contribution in [-0.4, -0.2) is 11.9 Å². The first-order valence-corrected chi connectivity index (χ1v) is 9.37. The van der Waals surface area contributed by atoms with E-state index in [2.05, 4.69) is 0 Å². The number of benzene rings is 2. The zero-order valence-corrected chi connectivity index (χ0v) is 16.5. The van der Waals surface area contributed by atoms with Gasteiger partial charge in [0.2, 0.25) is 0 Å². The molecule has 1 aliphatic heterocycles. The quantitative estimate of drug-likeness (QED) is 0.325. The van der Waals surface area contributed by atoms with E-state index in [4.69, 9.17) is 9.15 Å². The molecule has 0 atom stereocenters. The van der Waals surface area contributed by atoms with Gasteiger partial charge in [-0.2, -0.15) is 0 Å². The predicted octanol–water partition coefficient (Wildman–Crippen LogP) is 5.81. The molecule has 0 radical (unpaired) electrons. The standard InChI is InChI=1S/C25H20O4/c1-15(2)21-22(25(27)29-24(21)26)16(3)19-14-20(17-10-6-4-7-11-17)28-23(19)18-12-8-5-9-13-18/h4-14H,1-3H3/b22-16-. The number of carbonyl (C=O) groups excluding carboxylic acids is 2. The second-order valence-corrected chi connectivity index (χ2v) is 7.14. The van der Waals surface area contributed by atoms with Gasteiger partial charge in [-0.05, 0) is 32.4 Å². The van der Waals surface area contributed by atoms with Gasteiger partial charge in [0.15, 0.2) is 0 Å². The number of rotatable bonds is 3. The van der Waals surface area contributed by atoms with Gasteiger partial charge in [0.25, 0.3) is 0 Å². The molecule has 3 aromatic rings. The Morgan fingerprint density at radius 2 is 1.28 bits per heavy atom. The number of hydrogen-bond acceptors (Lipinski definition) is 4. The van der Waals surface area contributed by atoms with Crippen LogP contribution in [0.3, 0.4) is 0 Å². The van der Waals surface area contributed by atoms with Crippen molar-refractivity contribution >= 4 is 17.5 Å². The van der Waals surface area contributed by atoms with Gasteiger partial charge in [0, 0.05) is 16.7 Å². The fourth-order valence-corrected chi connectivity index (χ4v) is 3.54. The lowest BCUT2D eigenvalue weighted by Crippen LogP contribution is -1.99. The van der Waals surface area contributed by atoms with Crippen LogP contribution >= 0.6 is 0 Å². The van der Waals surface area contributed by atoms with Gasteiger partial charge in [0.05, 0.1) is 11.1 Å². The highest BCUT2D eigenvalue weighted by Gasteiger charge is 2.37. The van der Waals surface area contributed by atoms with E-state index in [0.29, 0.717) is 28.2 Å². The van der Waals surface area contributed by atoms with Crippen LogP contribution in [0.1, 0.15) is 26.3 Å². The molecule has 0 aliphatic carbocycles. The summed E-state index contributed by atoms with van der Waals surface area (Å²) in [5.41, 5.74) is 4.60. The molecular formula is C25H20O4. The molecule has 0 amide bonds. The number of allylic oxidation sites excluding steroid dienone is 2. The maximum absolute atomic E-state index is 12.5. The van der Waals surface area contributed by atoms with Gasteiger partial charge in [-0.1, -0.05) is 66.2 Å². The Hall–Kier alpha value is -3.66. The molecule has 4 heteroatoms. The molecule has 29 heavy (non-hydrogen) atoms. The van der Waals surface area contributed by atoms with Crippen molar-refractivity contribution in [2.75, 3.05) is 0 Å². The SMILES string of the molecule is CC(C)=C1C(=O)OC(=O)/C1=C(/C)c1cc(-c2ccccc2)oc1-c1ccccc1. The first-order valence-electron chi connectivity index (χ1n) is 9.37. The van der Waals surface area contributed by atoms with Crippen LogP contribution < -0.4 is 0 Å². The zero-order valence-electron chi connectivity index (χ0n) is 16.5. The van der Waals surface area contributed by atoms with Crippen molar-refractivity contribution in [2.45, 2.75) is 20.8 Å². The summed E-state index contributed by atoms with van der Waals surface area (Å²) in [6.45, 7) is 5.42. The topological polar surface area (TPSA) is 56.5 Å². The van der Waals surface area contributed by atoms with Crippen molar-refractivity contribution in [2.24, 2.45) is 0 Å². The van der Waals surface area contributed by atoms with E-state index < -0.39 is 11.9 Å². The number of esters is 2. The van der Waals surface area contributed by atoms with E-state index in [-0.39, 0.29) is 0 Å². The fraction of sp³-hybridized carbons (Fsp3) is 0.120. The molecule has 0 bridgehead atoms. The molecule has 2 heterocycles. The van der Waals surface area contributed by atoms with Gasteiger partial charge in [-0.15, -0.1) is 0 Å². The van der Waals surface area contributed by atoms with E-state index in [1.807, 2.05) is 73.7 Å². The largest absolute Gasteiger partial charge is 0.455 e. The molecule has 0 spiro atoms. The first-order chi connectivity index (χ1) is 14.0. The molecule has 1 fully saturated rings. The highest BCUT2D eigenvalue weighted by molar-refractivity contribution is 6.22. The van der Waals surface area contributed by atoms with E-state index in [9.17, 15) is 9.59 Å². The van der Waals surface area contributed by atoms with Gasteiger partial charge >= 0.3 is 11.9 Å². The Bertz CT molecular complexity index is 1160. The minimum atomic E-state index is -0.620. The third-order valence-electron chi connectivity index (χ3n) is 4.95. The molecule has 2 aromatic carbocycles. The molecule has 0 saturated carbocycles. The molecule has 144 valence electrons.